The second kappa shape index (κ2) is 4.13. The molecule has 1 atom stereocenters. The number of rotatable bonds is 3. The third-order valence-electron chi connectivity index (χ3n) is 3.45. The zero-order valence-corrected chi connectivity index (χ0v) is 9.43. The molecular weight excluding hydrogens is 156 g/mol. The molecule has 0 amide bonds. The number of unbranched alkanes of at least 4 members (excludes halogenated alkanes) is 1. The largest absolute Gasteiger partial charge is 0.0882 e. The van der Waals surface area contributed by atoms with Gasteiger partial charge in [-0.05, 0) is 31.1 Å². The molecule has 0 aliphatic heterocycles. The van der Waals surface area contributed by atoms with E-state index in [0.29, 0.717) is 5.41 Å². The fraction of sp³-hybridized carbons (Fsp3) is 0.692. The highest BCUT2D eigenvalue weighted by molar-refractivity contribution is 5.21. The van der Waals surface area contributed by atoms with Gasteiger partial charge in [-0.15, -0.1) is 0 Å². The van der Waals surface area contributed by atoms with Crippen molar-refractivity contribution in [3.05, 3.63) is 23.8 Å². The Hall–Kier alpha value is -0.520. The van der Waals surface area contributed by atoms with Gasteiger partial charge in [0.25, 0.3) is 0 Å². The predicted molar refractivity (Wildman–Crippen MR) is 59.7 cm³/mol. The van der Waals surface area contributed by atoms with Crippen LogP contribution in [-0.4, -0.2) is 0 Å². The first-order chi connectivity index (χ1) is 6.09. The summed E-state index contributed by atoms with van der Waals surface area (Å²) in [6.45, 7) is 9.20. The number of hydrogen-bond acceptors (Lipinski definition) is 0. The summed E-state index contributed by atoms with van der Waals surface area (Å²) in [6, 6.07) is 0. The molecule has 0 heteroatoms. The van der Waals surface area contributed by atoms with Crippen molar-refractivity contribution in [3.8, 4) is 0 Å². The molecule has 13 heavy (non-hydrogen) atoms. The van der Waals surface area contributed by atoms with Crippen molar-refractivity contribution in [3.63, 3.8) is 0 Å². The molecule has 1 rings (SSSR count). The molecule has 0 heterocycles. The minimum atomic E-state index is 0.393. The van der Waals surface area contributed by atoms with Crippen LogP contribution in [0.5, 0.6) is 0 Å². The highest BCUT2D eigenvalue weighted by Gasteiger charge is 2.32. The van der Waals surface area contributed by atoms with Gasteiger partial charge in [-0.25, -0.2) is 0 Å². The first-order valence-corrected chi connectivity index (χ1v) is 5.43. The highest BCUT2D eigenvalue weighted by Crippen LogP contribution is 2.43. The maximum absolute atomic E-state index is 2.41. The van der Waals surface area contributed by atoms with Crippen molar-refractivity contribution in [1.29, 1.82) is 0 Å². The van der Waals surface area contributed by atoms with E-state index in [4.69, 9.17) is 0 Å². The van der Waals surface area contributed by atoms with E-state index in [-0.39, 0.29) is 0 Å². The van der Waals surface area contributed by atoms with Crippen molar-refractivity contribution < 1.29 is 0 Å². The fourth-order valence-corrected chi connectivity index (χ4v) is 1.90. The molecule has 0 radical (unpaired) electrons. The molecule has 0 aromatic carbocycles. The van der Waals surface area contributed by atoms with Crippen LogP contribution >= 0.6 is 0 Å². The lowest BCUT2D eigenvalue weighted by Crippen LogP contribution is -2.18. The van der Waals surface area contributed by atoms with E-state index in [1.807, 2.05) is 0 Å². The summed E-state index contributed by atoms with van der Waals surface area (Å²) in [5, 5.41) is 0. The van der Waals surface area contributed by atoms with E-state index in [1.165, 1.54) is 19.3 Å². The Kier molecular flexibility index (Phi) is 3.35. The first-order valence-electron chi connectivity index (χ1n) is 5.43. The molecule has 0 aromatic rings. The number of hydrogen-bond donors (Lipinski definition) is 0. The SMILES string of the molecule is CCCC=CC1CC=C(C)C1(C)C. The molecule has 0 saturated carbocycles. The van der Waals surface area contributed by atoms with Crippen LogP contribution in [0.4, 0.5) is 0 Å². The third-order valence-corrected chi connectivity index (χ3v) is 3.45. The van der Waals surface area contributed by atoms with Crippen LogP contribution in [0, 0.1) is 11.3 Å². The van der Waals surface area contributed by atoms with Crippen LogP contribution < -0.4 is 0 Å². The third kappa shape index (κ3) is 2.24. The van der Waals surface area contributed by atoms with E-state index in [2.05, 4.69) is 45.9 Å². The van der Waals surface area contributed by atoms with Crippen molar-refractivity contribution in [2.24, 2.45) is 11.3 Å². The van der Waals surface area contributed by atoms with E-state index < -0.39 is 0 Å². The molecule has 0 aromatic heterocycles. The summed E-state index contributed by atoms with van der Waals surface area (Å²) in [6.07, 6.45) is 10.9. The maximum Gasteiger partial charge on any atom is -0.00817 e. The van der Waals surface area contributed by atoms with Crippen LogP contribution in [0.15, 0.2) is 23.8 Å². The van der Waals surface area contributed by atoms with E-state index >= 15 is 0 Å². The smallest absolute Gasteiger partial charge is 0.00817 e. The van der Waals surface area contributed by atoms with E-state index in [9.17, 15) is 0 Å². The van der Waals surface area contributed by atoms with Gasteiger partial charge in [-0.1, -0.05) is 51.0 Å². The standard InChI is InChI=1S/C13H22/c1-5-6-7-8-12-10-9-11(2)13(12,3)4/h7-9,12H,5-6,10H2,1-4H3. The molecule has 0 N–H and O–H groups in total. The molecule has 0 nitrogen and oxygen atoms in total. The molecule has 1 aliphatic rings. The van der Waals surface area contributed by atoms with Gasteiger partial charge >= 0.3 is 0 Å². The van der Waals surface area contributed by atoms with Gasteiger partial charge in [-0.2, -0.15) is 0 Å². The molecule has 1 aliphatic carbocycles. The predicted octanol–water partition coefficient (Wildman–Crippen LogP) is 4.34. The topological polar surface area (TPSA) is 0 Å². The molecule has 0 saturated heterocycles. The van der Waals surface area contributed by atoms with Gasteiger partial charge in [0.05, 0.1) is 0 Å². The minimum Gasteiger partial charge on any atom is -0.0882 e. The Bertz CT molecular complexity index is 218. The van der Waals surface area contributed by atoms with Gasteiger partial charge in [0.15, 0.2) is 0 Å². The van der Waals surface area contributed by atoms with Gasteiger partial charge in [0, 0.05) is 0 Å². The van der Waals surface area contributed by atoms with E-state index in [0.717, 1.165) is 5.92 Å². The van der Waals surface area contributed by atoms with Crippen LogP contribution in [-0.2, 0) is 0 Å². The fourth-order valence-electron chi connectivity index (χ4n) is 1.90. The minimum absolute atomic E-state index is 0.393. The Morgan fingerprint density at radius 3 is 2.69 bits per heavy atom. The van der Waals surface area contributed by atoms with Gasteiger partial charge in [0.2, 0.25) is 0 Å². The Morgan fingerprint density at radius 1 is 1.54 bits per heavy atom. The van der Waals surface area contributed by atoms with Crippen molar-refractivity contribution in [2.45, 2.75) is 47.0 Å². The van der Waals surface area contributed by atoms with Crippen LogP contribution in [0.3, 0.4) is 0 Å². The lowest BCUT2D eigenvalue weighted by Gasteiger charge is -2.27. The van der Waals surface area contributed by atoms with Crippen LogP contribution in [0.25, 0.3) is 0 Å². The molecule has 0 fully saturated rings. The zero-order chi connectivity index (χ0) is 9.90. The van der Waals surface area contributed by atoms with Crippen molar-refractivity contribution in [2.75, 3.05) is 0 Å². The lowest BCUT2D eigenvalue weighted by molar-refractivity contribution is 0.351. The van der Waals surface area contributed by atoms with Crippen molar-refractivity contribution in [1.82, 2.24) is 0 Å². The first kappa shape index (κ1) is 10.6. The maximum atomic E-state index is 2.41. The average Bonchev–Trinajstić information content (AvgIpc) is 2.32. The molecule has 0 spiro atoms. The highest BCUT2D eigenvalue weighted by atomic mass is 14.4. The van der Waals surface area contributed by atoms with Gasteiger partial charge < -0.3 is 0 Å². The molecular formula is C13H22. The summed E-state index contributed by atoms with van der Waals surface area (Å²) in [5.41, 5.74) is 1.95. The summed E-state index contributed by atoms with van der Waals surface area (Å²) >= 11 is 0. The Morgan fingerprint density at radius 2 is 2.23 bits per heavy atom. The van der Waals surface area contributed by atoms with Crippen LogP contribution in [0.2, 0.25) is 0 Å². The summed E-state index contributed by atoms with van der Waals surface area (Å²) in [5.74, 6) is 0.735. The number of allylic oxidation sites excluding steroid dienone is 4. The van der Waals surface area contributed by atoms with Crippen molar-refractivity contribution >= 4 is 0 Å². The zero-order valence-electron chi connectivity index (χ0n) is 9.43. The summed E-state index contributed by atoms with van der Waals surface area (Å²) in [4.78, 5) is 0. The van der Waals surface area contributed by atoms with Gasteiger partial charge in [0.1, 0.15) is 0 Å². The Balaban J connectivity index is 2.56. The monoisotopic (exact) mass is 178 g/mol. The summed E-state index contributed by atoms with van der Waals surface area (Å²) in [7, 11) is 0. The van der Waals surface area contributed by atoms with Crippen LogP contribution in [0.1, 0.15) is 47.0 Å². The second-order valence-corrected chi connectivity index (χ2v) is 4.67. The molecule has 0 bridgehead atoms. The quantitative estimate of drug-likeness (QED) is 0.564. The lowest BCUT2D eigenvalue weighted by atomic mass is 9.77. The molecule has 1 unspecified atom stereocenters. The Labute approximate surface area is 82.7 Å². The molecule has 74 valence electrons. The summed E-state index contributed by atoms with van der Waals surface area (Å²) < 4.78 is 0. The van der Waals surface area contributed by atoms with Gasteiger partial charge in [-0.3, -0.25) is 0 Å². The average molecular weight is 178 g/mol. The second-order valence-electron chi connectivity index (χ2n) is 4.67. The normalized spacial score (nSPS) is 26.8. The van der Waals surface area contributed by atoms with E-state index in [1.54, 1.807) is 5.57 Å².